The minimum absolute atomic E-state index is 0. The molecule has 1 radical (unpaired) electrons. The molecule has 1 aliphatic heterocycles. The van der Waals surface area contributed by atoms with E-state index in [1.807, 2.05) is 11.8 Å². The van der Waals surface area contributed by atoms with E-state index in [1.165, 1.54) is 12.1 Å². The van der Waals surface area contributed by atoms with Gasteiger partial charge in [-0.3, -0.25) is 14.7 Å². The maximum Gasteiger partial charge on any atom is 0.101 e. The van der Waals surface area contributed by atoms with E-state index in [9.17, 15) is 38.1 Å². The van der Waals surface area contributed by atoms with Gasteiger partial charge in [0.25, 0.3) is 0 Å². The molecule has 0 spiro atoms. The van der Waals surface area contributed by atoms with Crippen molar-refractivity contribution in [2.24, 2.45) is 0 Å². The van der Waals surface area contributed by atoms with Gasteiger partial charge < -0.3 is 39.3 Å². The Hall–Kier alpha value is -1.52. The summed E-state index contributed by atoms with van der Waals surface area (Å²) in [6.45, 7) is 3.21. The number of carbonyl (C=O) groups excluding carboxylic acids is 3. The van der Waals surface area contributed by atoms with Crippen molar-refractivity contribution in [2.45, 2.75) is 11.8 Å². The number of hydrogen-bond donors (Lipinski definition) is 0. The van der Waals surface area contributed by atoms with Crippen molar-refractivity contribution in [1.29, 1.82) is 0 Å². The Balaban J connectivity index is 0.00000722. The zero-order valence-corrected chi connectivity index (χ0v) is 25.1. The first-order valence-corrected chi connectivity index (χ1v) is 13.4. The minimum atomic E-state index is -3.84. The number of hydrogen-bond acceptors (Lipinski definition) is 12. The van der Waals surface area contributed by atoms with Crippen LogP contribution in [0.1, 0.15) is 5.56 Å². The van der Waals surface area contributed by atoms with Gasteiger partial charge >= 0.3 is 0 Å². The second-order valence-corrected chi connectivity index (χ2v) is 10.6. The SMILES string of the molecule is Cc1ccc(S(=O)(=O)[N-]CCN2CCN(CC(=O)[O-])CCN(CC(=O)[O-])CCN(CC(=O)[O-])CC2)cc1.[Y]. The fraction of sp³-hybridized carbons (Fsp3) is 0.609. The Morgan fingerprint density at radius 2 is 1.05 bits per heavy atom. The summed E-state index contributed by atoms with van der Waals surface area (Å²) >= 11 is 0. The fourth-order valence-electron chi connectivity index (χ4n) is 3.91. The first-order valence-electron chi connectivity index (χ1n) is 11.9. The quantitative estimate of drug-likeness (QED) is 0.230. The van der Waals surface area contributed by atoms with Gasteiger partial charge in [-0.1, -0.05) is 17.7 Å². The van der Waals surface area contributed by atoms with Gasteiger partial charge in [-0.2, -0.15) is 0 Å². The van der Waals surface area contributed by atoms with Crippen molar-refractivity contribution in [1.82, 2.24) is 19.6 Å². The van der Waals surface area contributed by atoms with Crippen molar-refractivity contribution < 1.29 is 70.8 Å². The maximum atomic E-state index is 12.5. The van der Waals surface area contributed by atoms with Gasteiger partial charge in [0.15, 0.2) is 0 Å². The predicted molar refractivity (Wildman–Crippen MR) is 127 cm³/mol. The van der Waals surface area contributed by atoms with Crippen LogP contribution in [0.4, 0.5) is 0 Å². The summed E-state index contributed by atoms with van der Waals surface area (Å²) in [6.07, 6.45) is 0. The molecule has 0 aliphatic carbocycles. The topological polar surface area (TPSA) is 182 Å². The molecule has 0 atom stereocenters. The molecule has 1 aromatic carbocycles. The van der Waals surface area contributed by atoms with Gasteiger partial charge in [-0.25, -0.2) is 8.42 Å². The number of sulfonamides is 1. The van der Waals surface area contributed by atoms with Crippen molar-refractivity contribution in [3.63, 3.8) is 0 Å². The Labute approximate surface area is 248 Å². The Kier molecular flexibility index (Phi) is 15.6. The number of benzene rings is 1. The molecular formula is C23H33N5O8SY-4. The van der Waals surface area contributed by atoms with Crippen LogP contribution in [0.25, 0.3) is 4.72 Å². The molecule has 0 N–H and O–H groups in total. The van der Waals surface area contributed by atoms with Crippen molar-refractivity contribution in [3.05, 3.63) is 34.6 Å². The van der Waals surface area contributed by atoms with Crippen molar-refractivity contribution in [3.8, 4) is 0 Å². The second-order valence-electron chi connectivity index (χ2n) is 8.93. The monoisotopic (exact) mass is 628 g/mol. The largest absolute Gasteiger partial charge is 0.549 e. The van der Waals surface area contributed by atoms with Gasteiger partial charge in [0.2, 0.25) is 0 Å². The minimum Gasteiger partial charge on any atom is -0.549 e. The molecule has 0 aromatic heterocycles. The summed E-state index contributed by atoms with van der Waals surface area (Å²) in [7, 11) is -3.84. The first-order chi connectivity index (χ1) is 17.4. The number of carboxylic acids is 3. The average molecular weight is 629 g/mol. The van der Waals surface area contributed by atoms with Crippen LogP contribution in [-0.2, 0) is 57.1 Å². The average Bonchev–Trinajstić information content (AvgIpc) is 2.79. The van der Waals surface area contributed by atoms with E-state index in [0.29, 0.717) is 26.2 Å². The van der Waals surface area contributed by atoms with Crippen LogP contribution in [0, 0.1) is 6.92 Å². The van der Waals surface area contributed by atoms with E-state index in [-0.39, 0.29) is 96.5 Å². The maximum absolute atomic E-state index is 12.5. The van der Waals surface area contributed by atoms with Crippen LogP contribution < -0.4 is 15.3 Å². The zero-order chi connectivity index (χ0) is 27.4. The normalized spacial score (nSPS) is 17.6. The zero-order valence-electron chi connectivity index (χ0n) is 21.5. The molecule has 2 rings (SSSR count). The Morgan fingerprint density at radius 3 is 1.39 bits per heavy atom. The molecule has 211 valence electrons. The summed E-state index contributed by atoms with van der Waals surface area (Å²) in [4.78, 5) is 40.4. The number of aliphatic carboxylic acids is 3. The van der Waals surface area contributed by atoms with Gasteiger partial charge in [0, 0.05) is 110 Å². The van der Waals surface area contributed by atoms with E-state index >= 15 is 0 Å². The summed E-state index contributed by atoms with van der Waals surface area (Å²) in [5, 5.41) is 33.6. The van der Waals surface area contributed by atoms with Crippen LogP contribution in [0.15, 0.2) is 29.2 Å². The molecule has 38 heavy (non-hydrogen) atoms. The number of aryl methyl sites for hydroxylation is 1. The summed E-state index contributed by atoms with van der Waals surface area (Å²) in [6, 6.07) is 6.35. The molecule has 1 aromatic rings. The summed E-state index contributed by atoms with van der Waals surface area (Å²) in [5.74, 6) is -3.84. The predicted octanol–water partition coefficient (Wildman–Crippen LogP) is -4.47. The molecule has 0 amide bonds. The molecule has 13 nitrogen and oxygen atoms in total. The van der Waals surface area contributed by atoms with E-state index in [1.54, 1.807) is 26.8 Å². The number of carboxylic acid groups (broad SMARTS) is 3. The number of carbonyl (C=O) groups is 3. The summed E-state index contributed by atoms with van der Waals surface area (Å²) < 4.78 is 29.0. The van der Waals surface area contributed by atoms with E-state index in [4.69, 9.17) is 0 Å². The van der Waals surface area contributed by atoms with Gasteiger partial charge in [0.1, 0.15) is 10.0 Å². The van der Waals surface area contributed by atoms with Crippen LogP contribution in [0.5, 0.6) is 0 Å². The fourth-order valence-corrected chi connectivity index (χ4v) is 4.86. The first kappa shape index (κ1) is 34.5. The molecule has 0 unspecified atom stereocenters. The molecule has 0 bridgehead atoms. The second kappa shape index (κ2) is 17.2. The van der Waals surface area contributed by atoms with E-state index in [0.717, 1.165) is 5.56 Å². The third kappa shape index (κ3) is 13.5. The standard InChI is InChI=1S/C23H36N5O8S.Y/c1-19-2-4-20(5-3-19)37(35,36)24-6-7-25-8-10-26(16-21(29)30)12-14-28(18-23(33)34)15-13-27(11-9-25)17-22(31)32;/h2-5H,6-18H2,1H3,(H,29,30)(H,31,32)(H,33,34);/q-1;/p-3. The molecule has 15 heteroatoms. The third-order valence-electron chi connectivity index (χ3n) is 5.98. The Bertz CT molecular complexity index is 980. The molecule has 0 saturated carbocycles. The van der Waals surface area contributed by atoms with Crippen LogP contribution in [-0.4, -0.2) is 131 Å². The smallest absolute Gasteiger partial charge is 0.101 e. The van der Waals surface area contributed by atoms with Gasteiger partial charge in [-0.15, -0.1) is 6.54 Å². The van der Waals surface area contributed by atoms with Crippen molar-refractivity contribution in [2.75, 3.05) is 85.1 Å². The molecule has 1 heterocycles. The van der Waals surface area contributed by atoms with Crippen molar-refractivity contribution >= 4 is 27.9 Å². The van der Waals surface area contributed by atoms with Crippen LogP contribution >= 0.6 is 0 Å². The number of nitrogens with zero attached hydrogens (tertiary/aromatic N) is 5. The van der Waals surface area contributed by atoms with Gasteiger partial charge in [-0.05, 0) is 25.6 Å². The third-order valence-corrected chi connectivity index (χ3v) is 7.37. The Morgan fingerprint density at radius 1 is 0.711 bits per heavy atom. The van der Waals surface area contributed by atoms with Gasteiger partial charge in [0.05, 0.1) is 17.9 Å². The molecular weight excluding hydrogens is 595 g/mol. The van der Waals surface area contributed by atoms with Crippen LogP contribution in [0.3, 0.4) is 0 Å². The van der Waals surface area contributed by atoms with Crippen LogP contribution in [0.2, 0.25) is 0 Å². The molecule has 1 fully saturated rings. The summed E-state index contributed by atoms with van der Waals surface area (Å²) in [5.41, 5.74) is 0.920. The molecule has 1 aliphatic rings. The van der Waals surface area contributed by atoms with E-state index < -0.39 is 27.9 Å². The molecule has 1 saturated heterocycles. The number of rotatable bonds is 11. The van der Waals surface area contributed by atoms with E-state index in [2.05, 4.69) is 4.72 Å².